The van der Waals surface area contributed by atoms with Crippen molar-refractivity contribution >= 4 is 54.2 Å². The summed E-state index contributed by atoms with van der Waals surface area (Å²) in [4.78, 5) is 0. The van der Waals surface area contributed by atoms with E-state index in [4.69, 9.17) is 52.6 Å². The Hall–Kier alpha value is 1.39. The fourth-order valence-electron chi connectivity index (χ4n) is 0. The van der Waals surface area contributed by atoms with Crippen molar-refractivity contribution in [3.05, 3.63) is 0 Å². The molecule has 0 rings (SSSR count). The molecule has 0 bridgehead atoms. The molecule has 1 radical (unpaired) electrons. The topological polar surface area (TPSA) is 241 Å². The van der Waals surface area contributed by atoms with Crippen molar-refractivity contribution in [1.82, 2.24) is 0 Å². The van der Waals surface area contributed by atoms with Crippen molar-refractivity contribution in [2.24, 2.45) is 0 Å². The van der Waals surface area contributed by atoms with Crippen LogP contribution < -0.4 is 0 Å². The summed E-state index contributed by atoms with van der Waals surface area (Å²) in [5.41, 5.74) is 0. The van der Waals surface area contributed by atoms with E-state index in [1.807, 2.05) is 0 Å². The molecule has 18 heavy (non-hydrogen) atoms. The molecule has 0 aliphatic rings. The van der Waals surface area contributed by atoms with Gasteiger partial charge in [0.25, 0.3) is 0 Å². The molecule has 0 heterocycles. The minimum atomic E-state index is -5.17. The van der Waals surface area contributed by atoms with Gasteiger partial charge in [-0.25, -0.2) is 0 Å². The molecule has 0 aliphatic heterocycles. The third-order valence-corrected chi connectivity index (χ3v) is 0. The van der Waals surface area contributed by atoms with Crippen LogP contribution in [0, 0.1) is 0 Å². The number of hydrogen-bond acceptors (Lipinski definition) is 12. The van der Waals surface area contributed by atoms with Crippen LogP contribution in [0.1, 0.15) is 0 Å². The summed E-state index contributed by atoms with van der Waals surface area (Å²) in [5.74, 6) is 0. The summed E-state index contributed by atoms with van der Waals surface area (Å²) in [6.45, 7) is 0. The summed E-state index contributed by atoms with van der Waals surface area (Å²) in [7, 11) is -15.5. The molecule has 18 heteroatoms. The minimum absolute atomic E-state index is 0. The normalized spacial score (nSPS) is 9.67. The van der Waals surface area contributed by atoms with E-state index in [1.54, 1.807) is 0 Å². The number of rotatable bonds is 0. The van der Waals surface area contributed by atoms with Crippen molar-refractivity contribution < 1.29 is 86.1 Å². The Morgan fingerprint density at radius 3 is 0.500 bits per heavy atom. The van der Waals surface area contributed by atoms with Crippen LogP contribution >= 0.6 is 0 Å². The fraction of sp³-hybridized carbons (Fsp3) is 0. The molecule has 0 spiro atoms. The van der Waals surface area contributed by atoms with Crippen molar-refractivity contribution in [1.29, 1.82) is 0 Å². The molecule has 0 saturated carbocycles. The van der Waals surface area contributed by atoms with Crippen LogP contribution in [-0.4, -0.2) is 75.6 Å². The predicted octanol–water partition coefficient (Wildman–Crippen LogP) is -4.40. The van der Waals surface area contributed by atoms with Gasteiger partial charge in [-0.1, -0.05) is 0 Å². The van der Waals surface area contributed by atoms with Gasteiger partial charge in [0.2, 0.25) is 0 Å². The molecule has 0 unspecified atom stereocenters. The Kier molecular flexibility index (Phi) is 30.1. The van der Waals surface area contributed by atoms with Gasteiger partial charge in [-0.15, -0.1) is 0 Å². The van der Waals surface area contributed by atoms with Crippen LogP contribution in [0.4, 0.5) is 0 Å². The minimum Gasteiger partial charge on any atom is -0.759 e. The first-order valence-corrected chi connectivity index (χ1v) is 6.00. The average Bonchev–Trinajstić information content (AvgIpc) is 1.41. The zero-order valence-corrected chi connectivity index (χ0v) is 13.6. The zero-order chi connectivity index (χ0) is 13.5. The van der Waals surface area contributed by atoms with E-state index in [-0.39, 0.29) is 56.6 Å². The summed E-state index contributed by atoms with van der Waals surface area (Å²) in [5, 5.41) is 0. The van der Waals surface area contributed by atoms with Crippen molar-refractivity contribution in [3.8, 4) is 0 Å². The second-order valence-electron chi connectivity index (χ2n) is 1.22. The molecule has 0 aliphatic carbocycles. The SMILES string of the molecule is O=S(=O)([O-])[O-].O=S(=O)([O-])[O-].O=S(=O)([O-])[O-].[Mg+2].[Mn+2].[Ni+2]. The Balaban J connectivity index is -0.0000000277. The van der Waals surface area contributed by atoms with Gasteiger partial charge in [0.15, 0.2) is 0 Å². The molecule has 109 valence electrons. The molecule has 0 aromatic carbocycles. The molecule has 0 fully saturated rings. The molecule has 0 saturated heterocycles. The second kappa shape index (κ2) is 14.8. The van der Waals surface area contributed by atoms with Gasteiger partial charge in [-0.2, -0.15) is 0 Å². The first-order chi connectivity index (χ1) is 6.00. The van der Waals surface area contributed by atoms with E-state index in [9.17, 15) is 0 Å². The van der Waals surface area contributed by atoms with E-state index in [0.29, 0.717) is 0 Å². The van der Waals surface area contributed by atoms with Crippen LogP contribution in [-0.2, 0) is 64.8 Å². The molecule has 0 aromatic heterocycles. The van der Waals surface area contributed by atoms with Gasteiger partial charge < -0.3 is 27.3 Å². The van der Waals surface area contributed by atoms with E-state index in [2.05, 4.69) is 0 Å². The number of hydrogen-bond donors (Lipinski definition) is 0. The third-order valence-electron chi connectivity index (χ3n) is 0. The van der Waals surface area contributed by atoms with E-state index < -0.39 is 31.2 Å². The van der Waals surface area contributed by atoms with Crippen LogP contribution in [0.2, 0.25) is 0 Å². The van der Waals surface area contributed by atoms with Crippen LogP contribution in [0.5, 0.6) is 0 Å². The Morgan fingerprint density at radius 1 is 0.500 bits per heavy atom. The summed E-state index contributed by atoms with van der Waals surface area (Å²) < 4.78 is 102. The Labute approximate surface area is 139 Å². The maximum Gasteiger partial charge on any atom is 2.00 e. The monoisotopic (exact) mass is 425 g/mol. The molecule has 0 atom stereocenters. The van der Waals surface area contributed by atoms with Crippen molar-refractivity contribution in [2.45, 2.75) is 0 Å². The standard InChI is InChI=1S/Mg.Mn.Ni.3H2O4S/c;;;3*1-5(2,3)4/h;;;3*(H2,1,2,3,4)/q3*+2;;;/p-6. The molecule has 0 N–H and O–H groups in total. The van der Waals surface area contributed by atoms with E-state index >= 15 is 0 Å². The Bertz CT molecular complexity index is 348. The van der Waals surface area contributed by atoms with Gasteiger partial charge in [0, 0.05) is 31.2 Å². The molecular formula is MgMnNiO12S3. The second-order valence-corrected chi connectivity index (χ2v) is 3.67. The predicted molar refractivity (Wildman–Crippen MR) is 37.2 cm³/mol. The molecular weight excluding hydrogens is 426 g/mol. The smallest absolute Gasteiger partial charge is 0.759 e. The third kappa shape index (κ3) is 2420. The van der Waals surface area contributed by atoms with E-state index in [0.717, 1.165) is 0 Å². The van der Waals surface area contributed by atoms with Crippen molar-refractivity contribution in [3.63, 3.8) is 0 Å². The first-order valence-electron chi connectivity index (χ1n) is 2.00. The summed E-state index contributed by atoms with van der Waals surface area (Å²) >= 11 is 0. The summed E-state index contributed by atoms with van der Waals surface area (Å²) in [6, 6.07) is 0. The quantitative estimate of drug-likeness (QED) is 0.202. The maximum absolute atomic E-state index is 8.52. The maximum atomic E-state index is 8.52. The van der Waals surface area contributed by atoms with E-state index in [1.165, 1.54) is 0 Å². The first kappa shape index (κ1) is 36.6. The summed E-state index contributed by atoms with van der Waals surface area (Å²) in [6.07, 6.45) is 0. The van der Waals surface area contributed by atoms with Gasteiger partial charge in [0.1, 0.15) is 0 Å². The van der Waals surface area contributed by atoms with Crippen LogP contribution in [0.15, 0.2) is 0 Å². The molecule has 0 aromatic rings. The molecule has 12 nitrogen and oxygen atoms in total. The average molecular weight is 426 g/mol. The molecule has 0 amide bonds. The van der Waals surface area contributed by atoms with Gasteiger partial charge in [0.05, 0.1) is 0 Å². The van der Waals surface area contributed by atoms with Crippen LogP contribution in [0.25, 0.3) is 0 Å². The largest absolute Gasteiger partial charge is 2.00 e. The Morgan fingerprint density at radius 2 is 0.500 bits per heavy atom. The zero-order valence-electron chi connectivity index (χ0n) is 7.53. The van der Waals surface area contributed by atoms with Crippen LogP contribution in [0.3, 0.4) is 0 Å². The van der Waals surface area contributed by atoms with Crippen molar-refractivity contribution in [2.75, 3.05) is 0 Å². The van der Waals surface area contributed by atoms with Gasteiger partial charge in [-0.05, 0) is 0 Å². The van der Waals surface area contributed by atoms with Gasteiger partial charge in [-0.3, -0.25) is 25.3 Å². The fourth-order valence-corrected chi connectivity index (χ4v) is 0. The van der Waals surface area contributed by atoms with Gasteiger partial charge >= 0.3 is 56.6 Å².